The molecule has 146 valence electrons. The minimum Gasteiger partial charge on any atom is -0.496 e. The Hall–Kier alpha value is -3.23. The molecule has 1 heterocycles. The van der Waals surface area contributed by atoms with Gasteiger partial charge in [0.1, 0.15) is 5.75 Å². The van der Waals surface area contributed by atoms with E-state index in [9.17, 15) is 14.4 Å². The third-order valence-corrected chi connectivity index (χ3v) is 3.90. The molecule has 1 atom stereocenters. The molecule has 9 nitrogen and oxygen atoms in total. The highest BCUT2D eigenvalue weighted by atomic mass is 16.5. The fourth-order valence-corrected chi connectivity index (χ4v) is 2.51. The number of carbonyl (C=O) groups is 3. The molecule has 0 saturated carbocycles. The van der Waals surface area contributed by atoms with Crippen molar-refractivity contribution in [3.63, 3.8) is 0 Å². The lowest BCUT2D eigenvalue weighted by atomic mass is 10.1. The number of ether oxygens (including phenoxy) is 4. The van der Waals surface area contributed by atoms with Crippen LogP contribution in [0, 0.1) is 0 Å². The van der Waals surface area contributed by atoms with Gasteiger partial charge in [-0.1, -0.05) is 0 Å². The molecule has 3 amide bonds. The monoisotopic (exact) mass is 378 g/mol. The number of carbonyl (C=O) groups excluding carboxylic acids is 3. The molecule has 0 aromatic heterocycles. The summed E-state index contributed by atoms with van der Waals surface area (Å²) in [5.74, 6) is 0.115. The van der Waals surface area contributed by atoms with Crippen LogP contribution in [0.3, 0.4) is 0 Å². The SMILES string of the molecule is COc1cc(OC)c(OC)cc1/C=C/C(=O)O[C@H](C)C(=O)N1CCNC1=O. The number of urea groups is 1. The van der Waals surface area contributed by atoms with Gasteiger partial charge < -0.3 is 24.3 Å². The molecule has 1 fully saturated rings. The van der Waals surface area contributed by atoms with Crippen LogP contribution < -0.4 is 19.5 Å². The van der Waals surface area contributed by atoms with E-state index in [-0.39, 0.29) is 6.54 Å². The minimum absolute atomic E-state index is 0.248. The van der Waals surface area contributed by atoms with Gasteiger partial charge in [-0.05, 0) is 19.1 Å². The van der Waals surface area contributed by atoms with Crippen molar-refractivity contribution in [2.24, 2.45) is 0 Å². The lowest BCUT2D eigenvalue weighted by molar-refractivity contribution is -0.153. The number of amides is 3. The summed E-state index contributed by atoms with van der Waals surface area (Å²) in [6.45, 7) is 2.04. The summed E-state index contributed by atoms with van der Waals surface area (Å²) >= 11 is 0. The summed E-state index contributed by atoms with van der Waals surface area (Å²) in [4.78, 5) is 36.7. The van der Waals surface area contributed by atoms with Crippen molar-refractivity contribution in [3.05, 3.63) is 23.8 Å². The first-order valence-electron chi connectivity index (χ1n) is 8.19. The van der Waals surface area contributed by atoms with Crippen molar-refractivity contribution >= 4 is 24.0 Å². The molecule has 0 radical (unpaired) electrons. The van der Waals surface area contributed by atoms with Crippen molar-refractivity contribution in [3.8, 4) is 17.2 Å². The van der Waals surface area contributed by atoms with Crippen molar-refractivity contribution in [2.75, 3.05) is 34.4 Å². The maximum absolute atomic E-state index is 12.1. The highest BCUT2D eigenvalue weighted by molar-refractivity contribution is 5.99. The largest absolute Gasteiger partial charge is 0.496 e. The fraction of sp³-hybridized carbons (Fsp3) is 0.389. The van der Waals surface area contributed by atoms with Gasteiger partial charge in [-0.2, -0.15) is 0 Å². The average Bonchev–Trinajstić information content (AvgIpc) is 3.10. The molecule has 1 aliphatic rings. The number of rotatable bonds is 7. The molecule has 1 aromatic carbocycles. The van der Waals surface area contributed by atoms with Crippen LogP contribution in [0.1, 0.15) is 12.5 Å². The third kappa shape index (κ3) is 4.69. The summed E-state index contributed by atoms with van der Waals surface area (Å²) in [6, 6.07) is 2.78. The van der Waals surface area contributed by atoms with E-state index in [1.54, 1.807) is 12.1 Å². The Morgan fingerprint density at radius 2 is 1.74 bits per heavy atom. The van der Waals surface area contributed by atoms with Gasteiger partial charge in [-0.15, -0.1) is 0 Å². The first kappa shape index (κ1) is 20.1. The Kier molecular flexibility index (Phi) is 6.64. The lowest BCUT2D eigenvalue weighted by Crippen LogP contribution is -2.41. The standard InChI is InChI=1S/C18H22N2O7/c1-11(17(22)20-8-7-19-18(20)23)27-16(21)6-5-12-9-14(25-3)15(26-4)10-13(12)24-2/h5-6,9-11H,7-8H2,1-4H3,(H,19,23)/b6-5+/t11-/m1/s1. The number of nitrogens with zero attached hydrogens (tertiary/aromatic N) is 1. The quantitative estimate of drug-likeness (QED) is 0.562. The number of esters is 1. The van der Waals surface area contributed by atoms with Crippen LogP contribution in [0.5, 0.6) is 17.2 Å². The normalized spacial score (nSPS) is 14.7. The minimum atomic E-state index is -1.08. The van der Waals surface area contributed by atoms with Crippen LogP contribution in [0.4, 0.5) is 4.79 Å². The van der Waals surface area contributed by atoms with Crippen molar-refractivity contribution in [1.29, 1.82) is 0 Å². The van der Waals surface area contributed by atoms with Crippen LogP contribution in [0.15, 0.2) is 18.2 Å². The van der Waals surface area contributed by atoms with Crippen LogP contribution in [0.25, 0.3) is 6.08 Å². The molecule has 0 aliphatic carbocycles. The molecule has 1 N–H and O–H groups in total. The fourth-order valence-electron chi connectivity index (χ4n) is 2.51. The topological polar surface area (TPSA) is 103 Å². The van der Waals surface area contributed by atoms with E-state index >= 15 is 0 Å². The second kappa shape index (κ2) is 8.93. The highest BCUT2D eigenvalue weighted by Gasteiger charge is 2.31. The van der Waals surface area contributed by atoms with E-state index in [0.29, 0.717) is 29.4 Å². The van der Waals surface area contributed by atoms with Gasteiger partial charge in [0.2, 0.25) is 0 Å². The molecule has 0 bridgehead atoms. The van der Waals surface area contributed by atoms with Gasteiger partial charge in [0, 0.05) is 30.8 Å². The number of hydrogen-bond donors (Lipinski definition) is 1. The zero-order valence-electron chi connectivity index (χ0n) is 15.6. The third-order valence-electron chi connectivity index (χ3n) is 3.90. The molecule has 2 rings (SSSR count). The predicted octanol–water partition coefficient (Wildman–Crippen LogP) is 1.21. The van der Waals surface area contributed by atoms with Gasteiger partial charge >= 0.3 is 12.0 Å². The van der Waals surface area contributed by atoms with Gasteiger partial charge in [-0.3, -0.25) is 9.69 Å². The Labute approximate surface area is 156 Å². The Bertz CT molecular complexity index is 760. The molecule has 1 saturated heterocycles. The predicted molar refractivity (Wildman–Crippen MR) is 95.8 cm³/mol. The number of benzene rings is 1. The maximum atomic E-state index is 12.1. The Morgan fingerprint density at radius 1 is 1.11 bits per heavy atom. The van der Waals surface area contributed by atoms with E-state index in [4.69, 9.17) is 18.9 Å². The number of imide groups is 1. The van der Waals surface area contributed by atoms with E-state index in [2.05, 4.69) is 5.32 Å². The number of methoxy groups -OCH3 is 3. The first-order valence-corrected chi connectivity index (χ1v) is 8.19. The average molecular weight is 378 g/mol. The molecule has 1 aromatic rings. The maximum Gasteiger partial charge on any atom is 0.331 e. The van der Waals surface area contributed by atoms with E-state index in [1.807, 2.05) is 0 Å². The summed E-state index contributed by atoms with van der Waals surface area (Å²) in [6.07, 6.45) is 1.55. The van der Waals surface area contributed by atoms with Gasteiger partial charge in [-0.25, -0.2) is 9.59 Å². The van der Waals surface area contributed by atoms with Gasteiger partial charge in [0.05, 0.1) is 21.3 Å². The molecular weight excluding hydrogens is 356 g/mol. The second-order valence-electron chi connectivity index (χ2n) is 5.58. The summed E-state index contributed by atoms with van der Waals surface area (Å²) in [5.41, 5.74) is 0.560. The van der Waals surface area contributed by atoms with Crippen LogP contribution >= 0.6 is 0 Å². The summed E-state index contributed by atoms with van der Waals surface area (Å²) < 4.78 is 20.8. The van der Waals surface area contributed by atoms with Crippen molar-refractivity contribution < 1.29 is 33.3 Å². The van der Waals surface area contributed by atoms with Gasteiger partial charge in [0.15, 0.2) is 17.6 Å². The van der Waals surface area contributed by atoms with Gasteiger partial charge in [0.25, 0.3) is 5.91 Å². The van der Waals surface area contributed by atoms with Crippen LogP contribution in [0.2, 0.25) is 0 Å². The summed E-state index contributed by atoms with van der Waals surface area (Å²) in [7, 11) is 4.48. The van der Waals surface area contributed by atoms with Crippen LogP contribution in [-0.4, -0.2) is 63.3 Å². The lowest BCUT2D eigenvalue weighted by Gasteiger charge is -2.17. The molecule has 27 heavy (non-hydrogen) atoms. The number of hydrogen-bond acceptors (Lipinski definition) is 7. The zero-order valence-corrected chi connectivity index (χ0v) is 15.6. The Balaban J connectivity index is 2.07. The van der Waals surface area contributed by atoms with E-state index < -0.39 is 24.0 Å². The molecule has 0 spiro atoms. The Morgan fingerprint density at radius 3 is 2.30 bits per heavy atom. The van der Waals surface area contributed by atoms with Crippen LogP contribution in [-0.2, 0) is 14.3 Å². The first-order chi connectivity index (χ1) is 12.9. The van der Waals surface area contributed by atoms with Crippen molar-refractivity contribution in [1.82, 2.24) is 10.2 Å². The second-order valence-corrected chi connectivity index (χ2v) is 5.58. The van der Waals surface area contributed by atoms with E-state index in [0.717, 1.165) is 11.0 Å². The molecular formula is C18H22N2O7. The smallest absolute Gasteiger partial charge is 0.331 e. The zero-order chi connectivity index (χ0) is 20.0. The van der Waals surface area contributed by atoms with Crippen molar-refractivity contribution in [2.45, 2.75) is 13.0 Å². The van der Waals surface area contributed by atoms with E-state index in [1.165, 1.54) is 34.3 Å². The highest BCUT2D eigenvalue weighted by Crippen LogP contribution is 2.35. The molecule has 1 aliphatic heterocycles. The number of nitrogens with one attached hydrogen (secondary N) is 1. The summed E-state index contributed by atoms with van der Waals surface area (Å²) in [5, 5.41) is 2.51. The molecule has 0 unspecified atom stereocenters. The molecule has 9 heteroatoms.